The fraction of sp³-hybridized carbons (Fsp3) is 0.400. The Balaban J connectivity index is 1.74. The van der Waals surface area contributed by atoms with E-state index in [0.29, 0.717) is 17.1 Å². The van der Waals surface area contributed by atoms with Gasteiger partial charge in [0.1, 0.15) is 11.8 Å². The molecule has 1 fully saturated rings. The summed E-state index contributed by atoms with van der Waals surface area (Å²) in [5.74, 6) is 1.50. The minimum Gasteiger partial charge on any atom is -0.497 e. The molecule has 2 aromatic carbocycles. The third-order valence-electron chi connectivity index (χ3n) is 6.97. The molecule has 0 unspecified atom stereocenters. The van der Waals surface area contributed by atoms with Gasteiger partial charge in [0.25, 0.3) is 0 Å². The van der Waals surface area contributed by atoms with Gasteiger partial charge < -0.3 is 24.4 Å². The number of nitrogens with zero attached hydrogens (tertiary/aromatic N) is 1. The highest BCUT2D eigenvalue weighted by molar-refractivity contribution is 7.10. The molecule has 1 heterocycles. The van der Waals surface area contributed by atoms with Crippen molar-refractivity contribution in [2.24, 2.45) is 0 Å². The number of nitrogens with one attached hydrogen (secondary N) is 1. The van der Waals surface area contributed by atoms with E-state index < -0.39 is 6.04 Å². The lowest BCUT2D eigenvalue weighted by atomic mass is 9.94. The Morgan fingerprint density at radius 3 is 2.32 bits per heavy atom. The van der Waals surface area contributed by atoms with Crippen LogP contribution in [0, 0.1) is 0 Å². The van der Waals surface area contributed by atoms with Crippen LogP contribution in [-0.2, 0) is 22.6 Å². The Labute approximate surface area is 228 Å². The summed E-state index contributed by atoms with van der Waals surface area (Å²) in [4.78, 5) is 30.5. The summed E-state index contributed by atoms with van der Waals surface area (Å²) < 4.78 is 16.3. The van der Waals surface area contributed by atoms with E-state index in [9.17, 15) is 9.59 Å². The maximum Gasteiger partial charge on any atom is 0.247 e. The van der Waals surface area contributed by atoms with Crippen molar-refractivity contribution in [3.05, 3.63) is 76.0 Å². The molecule has 1 saturated carbocycles. The van der Waals surface area contributed by atoms with Crippen LogP contribution in [0.25, 0.3) is 0 Å². The summed E-state index contributed by atoms with van der Waals surface area (Å²) in [7, 11) is 4.76. The van der Waals surface area contributed by atoms with Gasteiger partial charge in [0.05, 0.1) is 27.8 Å². The largest absolute Gasteiger partial charge is 0.497 e. The van der Waals surface area contributed by atoms with Crippen LogP contribution < -0.4 is 19.5 Å². The van der Waals surface area contributed by atoms with Crippen LogP contribution in [0.5, 0.6) is 17.2 Å². The van der Waals surface area contributed by atoms with Crippen LogP contribution in [0.1, 0.15) is 54.1 Å². The average Bonchev–Trinajstić information content (AvgIpc) is 3.46. The first-order valence-electron chi connectivity index (χ1n) is 13.0. The quantitative estimate of drug-likeness (QED) is 0.348. The van der Waals surface area contributed by atoms with Gasteiger partial charge in [0.15, 0.2) is 11.5 Å². The normalized spacial score (nSPS) is 14.4. The second-order valence-corrected chi connectivity index (χ2v) is 10.5. The lowest BCUT2D eigenvalue weighted by Crippen LogP contribution is -2.47. The molecule has 2 amide bonds. The number of hydrogen-bond acceptors (Lipinski definition) is 6. The summed E-state index contributed by atoms with van der Waals surface area (Å²) in [6.45, 7) is 0.269. The SMILES string of the molecule is COc1ccc(CN(C(=O)Cc2cccs2)[C@@H](C(=O)NC2CCCCC2)c2ccc(OC)c(OC)c2)cc1. The average molecular weight is 537 g/mol. The molecule has 8 heteroatoms. The summed E-state index contributed by atoms with van der Waals surface area (Å²) in [6.07, 6.45) is 5.50. The monoisotopic (exact) mass is 536 g/mol. The molecule has 0 saturated heterocycles. The Bertz CT molecular complexity index is 1190. The zero-order chi connectivity index (χ0) is 26.9. The molecule has 1 N–H and O–H groups in total. The first-order valence-corrected chi connectivity index (χ1v) is 13.9. The number of thiophene rings is 1. The minimum atomic E-state index is -0.841. The van der Waals surface area contributed by atoms with Gasteiger partial charge in [-0.2, -0.15) is 0 Å². The summed E-state index contributed by atoms with van der Waals surface area (Å²) >= 11 is 1.53. The van der Waals surface area contributed by atoms with E-state index >= 15 is 0 Å². The molecule has 1 atom stereocenters. The number of benzene rings is 2. The van der Waals surface area contributed by atoms with E-state index in [1.807, 2.05) is 47.8 Å². The van der Waals surface area contributed by atoms with Crippen LogP contribution in [0.4, 0.5) is 0 Å². The third kappa shape index (κ3) is 6.86. The van der Waals surface area contributed by atoms with Gasteiger partial charge in [0.2, 0.25) is 11.8 Å². The third-order valence-corrected chi connectivity index (χ3v) is 7.85. The Kier molecular flexibility index (Phi) is 9.65. The molecule has 3 aromatic rings. The highest BCUT2D eigenvalue weighted by atomic mass is 32.1. The molecule has 0 aliphatic heterocycles. The van der Waals surface area contributed by atoms with Crippen molar-refractivity contribution in [1.29, 1.82) is 0 Å². The zero-order valence-electron chi connectivity index (χ0n) is 22.3. The molecule has 202 valence electrons. The van der Waals surface area contributed by atoms with Gasteiger partial charge in [-0.15, -0.1) is 11.3 Å². The summed E-state index contributed by atoms with van der Waals surface area (Å²) in [5, 5.41) is 5.22. The van der Waals surface area contributed by atoms with Crippen LogP contribution in [0.3, 0.4) is 0 Å². The lowest BCUT2D eigenvalue weighted by Gasteiger charge is -2.34. The number of rotatable bonds is 11. The molecule has 7 nitrogen and oxygen atoms in total. The van der Waals surface area contributed by atoms with Crippen LogP contribution in [-0.4, -0.2) is 44.1 Å². The summed E-state index contributed by atoms with van der Waals surface area (Å²) in [6, 6.07) is 16.1. The molecule has 4 rings (SSSR count). The Hall–Kier alpha value is -3.52. The standard InChI is InChI=1S/C30H36N2O5S/c1-35-24-14-11-21(12-15-24)20-32(28(33)19-25-10-7-17-38-25)29(30(34)31-23-8-5-4-6-9-23)22-13-16-26(36-2)27(18-22)37-3/h7,10-18,23,29H,4-6,8-9,19-20H2,1-3H3,(H,31,34)/t29-/m1/s1. The maximum atomic E-state index is 14.0. The number of methoxy groups -OCH3 is 3. The molecule has 0 spiro atoms. The zero-order valence-corrected chi connectivity index (χ0v) is 23.1. The Morgan fingerprint density at radius 2 is 1.68 bits per heavy atom. The smallest absolute Gasteiger partial charge is 0.247 e. The number of hydrogen-bond donors (Lipinski definition) is 1. The van der Waals surface area contributed by atoms with Crippen molar-refractivity contribution in [1.82, 2.24) is 10.2 Å². The first-order chi connectivity index (χ1) is 18.5. The predicted molar refractivity (Wildman–Crippen MR) is 149 cm³/mol. The molecule has 1 aliphatic rings. The van der Waals surface area contributed by atoms with Gasteiger partial charge in [0, 0.05) is 17.5 Å². The molecule has 0 radical (unpaired) electrons. The van der Waals surface area contributed by atoms with E-state index in [4.69, 9.17) is 14.2 Å². The molecule has 38 heavy (non-hydrogen) atoms. The van der Waals surface area contributed by atoms with Gasteiger partial charge in [-0.1, -0.05) is 43.5 Å². The van der Waals surface area contributed by atoms with Crippen molar-refractivity contribution in [2.45, 2.75) is 57.2 Å². The van der Waals surface area contributed by atoms with Crippen molar-refractivity contribution < 1.29 is 23.8 Å². The summed E-state index contributed by atoms with van der Waals surface area (Å²) in [5.41, 5.74) is 1.57. The molecular formula is C30H36N2O5S. The van der Waals surface area contributed by atoms with E-state index in [1.54, 1.807) is 38.4 Å². The number of amides is 2. The fourth-order valence-corrected chi connectivity index (χ4v) is 5.63. The lowest BCUT2D eigenvalue weighted by molar-refractivity contribution is -0.141. The highest BCUT2D eigenvalue weighted by Crippen LogP contribution is 2.34. The van der Waals surface area contributed by atoms with Crippen molar-refractivity contribution in [3.8, 4) is 17.2 Å². The maximum absolute atomic E-state index is 14.0. The second-order valence-electron chi connectivity index (χ2n) is 9.49. The highest BCUT2D eigenvalue weighted by Gasteiger charge is 2.34. The van der Waals surface area contributed by atoms with Gasteiger partial charge in [-0.25, -0.2) is 0 Å². The van der Waals surface area contributed by atoms with E-state index in [1.165, 1.54) is 17.8 Å². The van der Waals surface area contributed by atoms with Crippen LogP contribution in [0.15, 0.2) is 60.0 Å². The molecule has 1 aromatic heterocycles. The molecule has 1 aliphatic carbocycles. The van der Waals surface area contributed by atoms with Crippen LogP contribution in [0.2, 0.25) is 0 Å². The van der Waals surface area contributed by atoms with Gasteiger partial charge in [-0.05, 0) is 59.7 Å². The van der Waals surface area contributed by atoms with E-state index in [0.717, 1.165) is 41.9 Å². The second kappa shape index (κ2) is 13.3. The molecule has 0 bridgehead atoms. The van der Waals surface area contributed by atoms with Crippen molar-refractivity contribution >= 4 is 23.2 Å². The van der Waals surface area contributed by atoms with Crippen LogP contribution >= 0.6 is 11.3 Å². The minimum absolute atomic E-state index is 0.106. The first kappa shape index (κ1) is 27.5. The topological polar surface area (TPSA) is 77.1 Å². The predicted octanol–water partition coefficient (Wildman–Crippen LogP) is 5.54. The number of carbonyl (C=O) groups excluding carboxylic acids is 2. The van der Waals surface area contributed by atoms with E-state index in [-0.39, 0.29) is 30.8 Å². The van der Waals surface area contributed by atoms with Gasteiger partial charge >= 0.3 is 0 Å². The van der Waals surface area contributed by atoms with Gasteiger partial charge in [-0.3, -0.25) is 9.59 Å². The number of ether oxygens (including phenoxy) is 3. The Morgan fingerprint density at radius 1 is 0.947 bits per heavy atom. The van der Waals surface area contributed by atoms with Crippen molar-refractivity contribution in [2.75, 3.05) is 21.3 Å². The van der Waals surface area contributed by atoms with E-state index in [2.05, 4.69) is 5.32 Å². The number of carbonyl (C=O) groups is 2. The molecular weight excluding hydrogens is 500 g/mol. The fourth-order valence-electron chi connectivity index (χ4n) is 4.94. The van der Waals surface area contributed by atoms with Crippen molar-refractivity contribution in [3.63, 3.8) is 0 Å².